The van der Waals surface area contributed by atoms with Gasteiger partial charge in [-0.1, -0.05) is 6.08 Å². The number of carbonyl (C=O) groups is 1. The topological polar surface area (TPSA) is 127 Å². The van der Waals surface area contributed by atoms with Gasteiger partial charge in [0, 0.05) is 23.2 Å². The molecule has 0 saturated carbocycles. The summed E-state index contributed by atoms with van der Waals surface area (Å²) >= 11 is 0. The molecule has 1 unspecified atom stereocenters. The standard InChI is InChI=1S/C11H10N2O6S/c14-11(15)9-5-8(13(16)17)1-2-10(9)12-7-3-4-20(18,19)6-7/h1-5,7,12H,6H2,(H,14,15). The zero-order chi connectivity index (χ0) is 14.9. The summed E-state index contributed by atoms with van der Waals surface area (Å²) in [6.07, 6.45) is 1.41. The van der Waals surface area contributed by atoms with Crippen LogP contribution in [0.3, 0.4) is 0 Å². The Morgan fingerprint density at radius 1 is 1.45 bits per heavy atom. The van der Waals surface area contributed by atoms with Gasteiger partial charge in [-0.05, 0) is 6.07 Å². The van der Waals surface area contributed by atoms with E-state index in [1.807, 2.05) is 0 Å². The quantitative estimate of drug-likeness (QED) is 0.627. The lowest BCUT2D eigenvalue weighted by molar-refractivity contribution is -0.384. The first-order valence-electron chi connectivity index (χ1n) is 5.48. The lowest BCUT2D eigenvalue weighted by atomic mass is 10.1. The van der Waals surface area contributed by atoms with Crippen LogP contribution in [0.4, 0.5) is 11.4 Å². The SMILES string of the molecule is O=C(O)c1cc([N+](=O)[O-])ccc1NC1C=CS(=O)(=O)C1. The van der Waals surface area contributed by atoms with Crippen LogP contribution >= 0.6 is 0 Å². The summed E-state index contributed by atoms with van der Waals surface area (Å²) in [6.45, 7) is 0. The number of nitro groups is 1. The molecule has 0 saturated heterocycles. The molecule has 0 spiro atoms. The summed E-state index contributed by atoms with van der Waals surface area (Å²) in [4.78, 5) is 21.0. The maximum absolute atomic E-state index is 11.3. The zero-order valence-electron chi connectivity index (χ0n) is 10.0. The molecule has 0 amide bonds. The molecule has 0 fully saturated rings. The number of carboxylic acids is 1. The predicted octanol–water partition coefficient (Wildman–Crippen LogP) is 1.02. The van der Waals surface area contributed by atoms with Crippen LogP contribution in [0.25, 0.3) is 0 Å². The van der Waals surface area contributed by atoms with Crippen LogP contribution in [0.1, 0.15) is 10.4 Å². The molecule has 1 aliphatic rings. The summed E-state index contributed by atoms with van der Waals surface area (Å²) in [5, 5.41) is 23.5. The van der Waals surface area contributed by atoms with Gasteiger partial charge in [0.25, 0.3) is 5.69 Å². The highest BCUT2D eigenvalue weighted by Gasteiger charge is 2.24. The van der Waals surface area contributed by atoms with E-state index >= 15 is 0 Å². The van der Waals surface area contributed by atoms with Crippen molar-refractivity contribution in [3.63, 3.8) is 0 Å². The predicted molar refractivity (Wildman–Crippen MR) is 70.4 cm³/mol. The number of sulfone groups is 1. The minimum atomic E-state index is -3.27. The average Bonchev–Trinajstić information content (AvgIpc) is 2.68. The van der Waals surface area contributed by atoms with Crippen LogP contribution in [0.5, 0.6) is 0 Å². The van der Waals surface area contributed by atoms with Crippen molar-refractivity contribution >= 4 is 27.2 Å². The van der Waals surface area contributed by atoms with Gasteiger partial charge in [0.15, 0.2) is 9.84 Å². The minimum absolute atomic E-state index is 0.134. The molecule has 9 heteroatoms. The molecule has 2 rings (SSSR count). The number of non-ortho nitro benzene ring substituents is 1. The third kappa shape index (κ3) is 2.94. The maximum Gasteiger partial charge on any atom is 0.338 e. The number of nitrogens with zero attached hydrogens (tertiary/aromatic N) is 1. The fourth-order valence-electron chi connectivity index (χ4n) is 1.81. The number of nitrogens with one attached hydrogen (secondary N) is 1. The van der Waals surface area contributed by atoms with E-state index in [-0.39, 0.29) is 22.7 Å². The molecule has 20 heavy (non-hydrogen) atoms. The lowest BCUT2D eigenvalue weighted by Gasteiger charge is -2.13. The molecular weight excluding hydrogens is 288 g/mol. The first-order chi connectivity index (χ1) is 9.28. The number of carboxylic acid groups (broad SMARTS) is 1. The number of anilines is 1. The third-order valence-corrected chi connectivity index (χ3v) is 4.11. The number of rotatable bonds is 4. The number of benzene rings is 1. The van der Waals surface area contributed by atoms with Crippen molar-refractivity contribution in [3.05, 3.63) is 45.4 Å². The Kier molecular flexibility index (Phi) is 3.45. The molecule has 0 bridgehead atoms. The summed E-state index contributed by atoms with van der Waals surface area (Å²) in [7, 11) is -3.27. The van der Waals surface area contributed by atoms with Gasteiger partial charge >= 0.3 is 5.97 Å². The maximum atomic E-state index is 11.3. The van der Waals surface area contributed by atoms with Gasteiger partial charge in [0.05, 0.1) is 22.3 Å². The molecule has 106 valence electrons. The van der Waals surface area contributed by atoms with E-state index in [0.717, 1.165) is 17.5 Å². The van der Waals surface area contributed by atoms with Crippen LogP contribution in [0.15, 0.2) is 29.7 Å². The third-order valence-electron chi connectivity index (χ3n) is 2.72. The van der Waals surface area contributed by atoms with E-state index in [1.165, 1.54) is 12.1 Å². The van der Waals surface area contributed by atoms with E-state index in [9.17, 15) is 23.3 Å². The van der Waals surface area contributed by atoms with Crippen molar-refractivity contribution in [1.82, 2.24) is 0 Å². The van der Waals surface area contributed by atoms with Crippen molar-refractivity contribution < 1.29 is 23.2 Å². The van der Waals surface area contributed by atoms with Gasteiger partial charge in [-0.15, -0.1) is 0 Å². The Bertz CT molecular complexity index is 710. The Morgan fingerprint density at radius 2 is 2.15 bits per heavy atom. The summed E-state index contributed by atoms with van der Waals surface area (Å²) in [6, 6.07) is 2.78. The first-order valence-corrected chi connectivity index (χ1v) is 7.19. The summed E-state index contributed by atoms with van der Waals surface area (Å²) in [5.41, 5.74) is -0.491. The number of hydrogen-bond donors (Lipinski definition) is 2. The van der Waals surface area contributed by atoms with Gasteiger partial charge in [-0.3, -0.25) is 10.1 Å². The fourth-order valence-corrected chi connectivity index (χ4v) is 3.05. The highest BCUT2D eigenvalue weighted by molar-refractivity contribution is 7.94. The van der Waals surface area contributed by atoms with Crippen molar-refractivity contribution in [3.8, 4) is 0 Å². The normalized spacial score (nSPS) is 19.7. The van der Waals surface area contributed by atoms with Crippen LogP contribution in [0.2, 0.25) is 0 Å². The smallest absolute Gasteiger partial charge is 0.338 e. The minimum Gasteiger partial charge on any atom is -0.478 e. The number of hydrogen-bond acceptors (Lipinski definition) is 6. The van der Waals surface area contributed by atoms with E-state index in [0.29, 0.717) is 0 Å². The van der Waals surface area contributed by atoms with Crippen molar-refractivity contribution in [2.45, 2.75) is 6.04 Å². The van der Waals surface area contributed by atoms with E-state index < -0.39 is 26.8 Å². The highest BCUT2D eigenvalue weighted by Crippen LogP contribution is 2.24. The monoisotopic (exact) mass is 298 g/mol. The second-order valence-electron chi connectivity index (χ2n) is 4.20. The number of aromatic carboxylic acids is 1. The molecule has 8 nitrogen and oxygen atoms in total. The van der Waals surface area contributed by atoms with E-state index in [1.54, 1.807) is 0 Å². The van der Waals surface area contributed by atoms with Crippen molar-refractivity contribution in [1.29, 1.82) is 0 Å². The Hall–Kier alpha value is -2.42. The molecule has 1 atom stereocenters. The number of nitro benzene ring substituents is 1. The van der Waals surface area contributed by atoms with Crippen LogP contribution in [0, 0.1) is 10.1 Å². The van der Waals surface area contributed by atoms with Crippen LogP contribution in [-0.4, -0.2) is 36.2 Å². The van der Waals surface area contributed by atoms with E-state index in [4.69, 9.17) is 5.11 Å². The fraction of sp³-hybridized carbons (Fsp3) is 0.182. The van der Waals surface area contributed by atoms with E-state index in [2.05, 4.69) is 5.32 Å². The molecule has 2 N–H and O–H groups in total. The second-order valence-corrected chi connectivity index (χ2v) is 6.13. The van der Waals surface area contributed by atoms with Gasteiger partial charge in [0.1, 0.15) is 0 Å². The van der Waals surface area contributed by atoms with Crippen LogP contribution in [-0.2, 0) is 9.84 Å². The summed E-state index contributed by atoms with van der Waals surface area (Å²) in [5.74, 6) is -1.51. The van der Waals surface area contributed by atoms with Crippen molar-refractivity contribution in [2.24, 2.45) is 0 Å². The molecule has 1 heterocycles. The van der Waals surface area contributed by atoms with Crippen LogP contribution < -0.4 is 5.32 Å². The van der Waals surface area contributed by atoms with Gasteiger partial charge < -0.3 is 10.4 Å². The average molecular weight is 298 g/mol. The zero-order valence-corrected chi connectivity index (χ0v) is 10.8. The second kappa shape index (κ2) is 4.93. The van der Waals surface area contributed by atoms with Gasteiger partial charge in [-0.25, -0.2) is 13.2 Å². The first kappa shape index (κ1) is 14.0. The molecule has 0 aromatic heterocycles. The molecular formula is C11H10N2O6S. The molecule has 0 aliphatic carbocycles. The lowest BCUT2D eigenvalue weighted by Crippen LogP contribution is -2.22. The largest absolute Gasteiger partial charge is 0.478 e. The molecule has 0 radical (unpaired) electrons. The van der Waals surface area contributed by atoms with Gasteiger partial charge in [0.2, 0.25) is 0 Å². The van der Waals surface area contributed by atoms with Crippen molar-refractivity contribution in [2.75, 3.05) is 11.1 Å². The molecule has 1 aliphatic heterocycles. The Balaban J connectivity index is 2.30. The molecule has 1 aromatic carbocycles. The Morgan fingerprint density at radius 3 is 2.65 bits per heavy atom. The Labute approximate surface area is 113 Å². The summed E-state index contributed by atoms with van der Waals surface area (Å²) < 4.78 is 22.5. The van der Waals surface area contributed by atoms with Gasteiger partial charge in [-0.2, -0.15) is 0 Å². The highest BCUT2D eigenvalue weighted by atomic mass is 32.2. The molecule has 1 aromatic rings.